The van der Waals surface area contributed by atoms with Crippen LogP contribution in [0.1, 0.15) is 110 Å². The molecule has 1 aliphatic carbocycles. The predicted octanol–water partition coefficient (Wildman–Crippen LogP) is 7.05. The van der Waals surface area contributed by atoms with E-state index in [0.717, 1.165) is 5.92 Å². The maximum atomic E-state index is 5.63. The standard InChI is InChI=1S/C19H39OP/c1-2-18-14-12-10-8-6-4-3-5-7-9-11-13-15-19(20-21)17-16-18/h18-19H,2-17,21H2,1H3. The van der Waals surface area contributed by atoms with E-state index in [1.165, 1.54) is 103 Å². The van der Waals surface area contributed by atoms with E-state index in [1.807, 2.05) is 0 Å². The Hall–Kier alpha value is 0.390. The Morgan fingerprint density at radius 3 is 1.62 bits per heavy atom. The van der Waals surface area contributed by atoms with Crippen LogP contribution in [0.25, 0.3) is 0 Å². The largest absolute Gasteiger partial charge is 0.362 e. The van der Waals surface area contributed by atoms with Gasteiger partial charge in [0.25, 0.3) is 0 Å². The molecule has 0 radical (unpaired) electrons. The van der Waals surface area contributed by atoms with Gasteiger partial charge in [-0.1, -0.05) is 90.4 Å². The van der Waals surface area contributed by atoms with Crippen LogP contribution in [0, 0.1) is 5.92 Å². The van der Waals surface area contributed by atoms with E-state index in [0.29, 0.717) is 6.10 Å². The molecule has 2 heteroatoms. The molecular formula is C19H39OP. The van der Waals surface area contributed by atoms with Crippen molar-refractivity contribution in [2.24, 2.45) is 5.92 Å². The number of hydrogen-bond acceptors (Lipinski definition) is 1. The van der Waals surface area contributed by atoms with Crippen LogP contribution in [0.3, 0.4) is 0 Å². The molecule has 1 fully saturated rings. The Labute approximate surface area is 136 Å². The highest BCUT2D eigenvalue weighted by Gasteiger charge is 2.12. The summed E-state index contributed by atoms with van der Waals surface area (Å²) < 4.78 is 5.63. The molecule has 0 N–H and O–H groups in total. The summed E-state index contributed by atoms with van der Waals surface area (Å²) in [7, 11) is 2.51. The molecule has 0 aromatic carbocycles. The van der Waals surface area contributed by atoms with Gasteiger partial charge < -0.3 is 4.52 Å². The highest BCUT2D eigenvalue weighted by molar-refractivity contribution is 7.09. The second kappa shape index (κ2) is 14.0. The average molecular weight is 314 g/mol. The molecule has 0 aliphatic heterocycles. The quantitative estimate of drug-likeness (QED) is 0.496. The monoisotopic (exact) mass is 314 g/mol. The van der Waals surface area contributed by atoms with Crippen LogP contribution >= 0.6 is 9.47 Å². The van der Waals surface area contributed by atoms with Crippen molar-refractivity contribution >= 4 is 9.47 Å². The molecule has 0 spiro atoms. The van der Waals surface area contributed by atoms with Crippen molar-refractivity contribution in [2.75, 3.05) is 0 Å². The summed E-state index contributed by atoms with van der Waals surface area (Å²) in [6.45, 7) is 2.36. The zero-order valence-electron chi connectivity index (χ0n) is 14.5. The topological polar surface area (TPSA) is 9.23 Å². The Morgan fingerprint density at radius 1 is 0.667 bits per heavy atom. The second-order valence-electron chi connectivity index (χ2n) is 7.08. The van der Waals surface area contributed by atoms with Crippen molar-refractivity contribution < 1.29 is 4.52 Å². The van der Waals surface area contributed by atoms with E-state index >= 15 is 0 Å². The van der Waals surface area contributed by atoms with Gasteiger partial charge in [-0.2, -0.15) is 0 Å². The van der Waals surface area contributed by atoms with Gasteiger partial charge in [-0.3, -0.25) is 0 Å². The fourth-order valence-corrected chi connectivity index (χ4v) is 3.92. The van der Waals surface area contributed by atoms with Gasteiger partial charge in [-0.25, -0.2) is 0 Å². The minimum absolute atomic E-state index is 0.486. The maximum absolute atomic E-state index is 5.63. The molecule has 0 saturated heterocycles. The zero-order chi connectivity index (χ0) is 15.2. The Balaban J connectivity index is 2.31. The van der Waals surface area contributed by atoms with E-state index in [4.69, 9.17) is 4.52 Å². The Bertz CT molecular complexity index is 198. The van der Waals surface area contributed by atoms with Crippen LogP contribution in [-0.2, 0) is 4.52 Å². The zero-order valence-corrected chi connectivity index (χ0v) is 15.6. The van der Waals surface area contributed by atoms with E-state index in [1.54, 1.807) is 0 Å². The van der Waals surface area contributed by atoms with Crippen molar-refractivity contribution in [1.82, 2.24) is 0 Å². The first-order valence-corrected chi connectivity index (χ1v) is 10.2. The SMILES string of the molecule is CCC1CCCCCCCCCCCCCC(OP)CC1. The number of hydrogen-bond donors (Lipinski definition) is 0. The molecule has 3 unspecified atom stereocenters. The average Bonchev–Trinajstić information content (AvgIpc) is 2.51. The van der Waals surface area contributed by atoms with Crippen LogP contribution < -0.4 is 0 Å². The maximum Gasteiger partial charge on any atom is 0.0611 e. The number of rotatable bonds is 2. The summed E-state index contributed by atoms with van der Waals surface area (Å²) in [5.74, 6) is 0.934. The second-order valence-corrected chi connectivity index (χ2v) is 7.35. The first kappa shape index (κ1) is 19.4. The van der Waals surface area contributed by atoms with Crippen LogP contribution in [0.2, 0.25) is 0 Å². The first-order valence-electron chi connectivity index (χ1n) is 9.72. The van der Waals surface area contributed by atoms with E-state index < -0.39 is 0 Å². The highest BCUT2D eigenvalue weighted by Crippen LogP contribution is 2.24. The summed E-state index contributed by atoms with van der Waals surface area (Å²) >= 11 is 0. The molecule has 0 heterocycles. The third-order valence-electron chi connectivity index (χ3n) is 5.31. The van der Waals surface area contributed by atoms with E-state index in [-0.39, 0.29) is 0 Å². The molecule has 1 nitrogen and oxygen atoms in total. The van der Waals surface area contributed by atoms with Crippen molar-refractivity contribution in [3.05, 3.63) is 0 Å². The summed E-state index contributed by atoms with van der Waals surface area (Å²) in [5, 5.41) is 0. The summed E-state index contributed by atoms with van der Waals surface area (Å²) in [6.07, 6.45) is 23.1. The van der Waals surface area contributed by atoms with Crippen molar-refractivity contribution in [3.8, 4) is 0 Å². The van der Waals surface area contributed by atoms with Gasteiger partial charge in [0.2, 0.25) is 0 Å². The van der Waals surface area contributed by atoms with Gasteiger partial charge in [0.05, 0.1) is 6.10 Å². The Kier molecular flexibility index (Phi) is 13.0. The molecule has 3 atom stereocenters. The molecule has 0 bridgehead atoms. The minimum atomic E-state index is 0.486. The van der Waals surface area contributed by atoms with Crippen LogP contribution in [0.4, 0.5) is 0 Å². The molecule has 126 valence electrons. The first-order chi connectivity index (χ1) is 10.4. The minimum Gasteiger partial charge on any atom is -0.362 e. The van der Waals surface area contributed by atoms with Crippen molar-refractivity contribution in [2.45, 2.75) is 116 Å². The van der Waals surface area contributed by atoms with E-state index in [9.17, 15) is 0 Å². The van der Waals surface area contributed by atoms with Crippen LogP contribution in [0.15, 0.2) is 0 Å². The normalized spacial score (nSPS) is 28.9. The smallest absolute Gasteiger partial charge is 0.0611 e. The fourth-order valence-electron chi connectivity index (χ4n) is 3.65. The van der Waals surface area contributed by atoms with Gasteiger partial charge in [0.1, 0.15) is 0 Å². The van der Waals surface area contributed by atoms with Gasteiger partial charge in [-0.15, -0.1) is 0 Å². The van der Waals surface area contributed by atoms with Crippen LogP contribution in [-0.4, -0.2) is 6.10 Å². The van der Waals surface area contributed by atoms with Gasteiger partial charge in [0.15, 0.2) is 0 Å². The summed E-state index contributed by atoms with van der Waals surface area (Å²) in [6, 6.07) is 0. The van der Waals surface area contributed by atoms with E-state index in [2.05, 4.69) is 16.4 Å². The molecule has 21 heavy (non-hydrogen) atoms. The lowest BCUT2D eigenvalue weighted by Crippen LogP contribution is -2.11. The fraction of sp³-hybridized carbons (Fsp3) is 1.00. The highest BCUT2D eigenvalue weighted by atomic mass is 31.0. The molecule has 0 aromatic rings. The predicted molar refractivity (Wildman–Crippen MR) is 97.6 cm³/mol. The van der Waals surface area contributed by atoms with Gasteiger partial charge in [0, 0.05) is 9.47 Å². The molecule has 1 saturated carbocycles. The van der Waals surface area contributed by atoms with Crippen molar-refractivity contribution in [3.63, 3.8) is 0 Å². The molecule has 1 rings (SSSR count). The lowest BCUT2D eigenvalue weighted by Gasteiger charge is -2.19. The third-order valence-corrected chi connectivity index (χ3v) is 5.69. The summed E-state index contributed by atoms with van der Waals surface area (Å²) in [4.78, 5) is 0. The summed E-state index contributed by atoms with van der Waals surface area (Å²) in [5.41, 5.74) is 0. The molecule has 0 amide bonds. The molecule has 1 aliphatic rings. The Morgan fingerprint density at radius 2 is 1.14 bits per heavy atom. The lowest BCUT2D eigenvalue weighted by molar-refractivity contribution is 0.193. The van der Waals surface area contributed by atoms with Gasteiger partial charge >= 0.3 is 0 Å². The molecular weight excluding hydrogens is 275 g/mol. The van der Waals surface area contributed by atoms with Crippen LogP contribution in [0.5, 0.6) is 0 Å². The van der Waals surface area contributed by atoms with Gasteiger partial charge in [-0.05, 0) is 25.2 Å². The molecule has 0 aromatic heterocycles. The lowest BCUT2D eigenvalue weighted by atomic mass is 9.91. The van der Waals surface area contributed by atoms with Crippen molar-refractivity contribution in [1.29, 1.82) is 0 Å². The third kappa shape index (κ3) is 10.7.